The van der Waals surface area contributed by atoms with Crippen molar-refractivity contribution in [2.45, 2.75) is 19.6 Å². The van der Waals surface area contributed by atoms with Crippen LogP contribution < -0.4 is 10.1 Å². The molecule has 2 aromatic carbocycles. The van der Waals surface area contributed by atoms with E-state index in [9.17, 15) is 4.79 Å². The van der Waals surface area contributed by atoms with Gasteiger partial charge in [-0.1, -0.05) is 29.8 Å². The lowest BCUT2D eigenvalue weighted by Crippen LogP contribution is -2.36. The standard InChI is InChI=1S/C18H16BrClN4O2/c1-12(26-16-8-7-13(20)9-15(16)19)18(25)21-10-17-23-22-11-24(17)14-5-3-2-4-6-14/h2-9,11-12H,10H2,1H3,(H,21,25)/t12-/m0/s1. The topological polar surface area (TPSA) is 69.0 Å². The van der Waals surface area contributed by atoms with Crippen molar-refractivity contribution in [1.82, 2.24) is 20.1 Å². The number of amides is 1. The molecule has 8 heteroatoms. The van der Waals surface area contributed by atoms with E-state index in [-0.39, 0.29) is 12.5 Å². The molecule has 0 bridgehead atoms. The van der Waals surface area contributed by atoms with E-state index >= 15 is 0 Å². The Morgan fingerprint density at radius 3 is 2.81 bits per heavy atom. The first kappa shape index (κ1) is 18.4. The predicted molar refractivity (Wildman–Crippen MR) is 102 cm³/mol. The second kappa shape index (κ2) is 8.33. The molecule has 1 atom stereocenters. The highest BCUT2D eigenvalue weighted by atomic mass is 79.9. The van der Waals surface area contributed by atoms with Gasteiger partial charge in [-0.15, -0.1) is 10.2 Å². The van der Waals surface area contributed by atoms with Gasteiger partial charge in [0.25, 0.3) is 5.91 Å². The molecule has 0 saturated heterocycles. The van der Waals surface area contributed by atoms with Gasteiger partial charge in [-0.2, -0.15) is 0 Å². The molecule has 1 heterocycles. The smallest absolute Gasteiger partial charge is 0.261 e. The molecular weight excluding hydrogens is 420 g/mol. The van der Waals surface area contributed by atoms with Crippen molar-refractivity contribution in [1.29, 1.82) is 0 Å². The van der Waals surface area contributed by atoms with Crippen molar-refractivity contribution < 1.29 is 9.53 Å². The van der Waals surface area contributed by atoms with Crippen molar-refractivity contribution in [2.75, 3.05) is 0 Å². The maximum absolute atomic E-state index is 12.3. The van der Waals surface area contributed by atoms with Crippen LogP contribution in [0.15, 0.2) is 59.3 Å². The van der Waals surface area contributed by atoms with Gasteiger partial charge in [0.1, 0.15) is 12.1 Å². The number of carbonyl (C=O) groups excluding carboxylic acids is 1. The van der Waals surface area contributed by atoms with Gasteiger partial charge in [-0.25, -0.2) is 0 Å². The number of ether oxygens (including phenoxy) is 1. The zero-order valence-electron chi connectivity index (χ0n) is 13.9. The first-order valence-corrected chi connectivity index (χ1v) is 9.05. The summed E-state index contributed by atoms with van der Waals surface area (Å²) in [5.74, 6) is 0.920. The summed E-state index contributed by atoms with van der Waals surface area (Å²) >= 11 is 9.28. The number of hydrogen-bond donors (Lipinski definition) is 1. The molecule has 3 aromatic rings. The van der Waals surface area contributed by atoms with Crippen LogP contribution in [0, 0.1) is 0 Å². The normalized spacial score (nSPS) is 11.8. The Balaban J connectivity index is 1.62. The van der Waals surface area contributed by atoms with Crippen LogP contribution in [0.25, 0.3) is 5.69 Å². The van der Waals surface area contributed by atoms with Gasteiger partial charge >= 0.3 is 0 Å². The highest BCUT2D eigenvalue weighted by Crippen LogP contribution is 2.28. The number of nitrogens with zero attached hydrogens (tertiary/aromatic N) is 3. The fraction of sp³-hybridized carbons (Fsp3) is 0.167. The average Bonchev–Trinajstić information content (AvgIpc) is 3.11. The molecule has 134 valence electrons. The van der Waals surface area contributed by atoms with Crippen molar-refractivity contribution in [2.24, 2.45) is 0 Å². The predicted octanol–water partition coefficient (Wildman–Crippen LogP) is 3.77. The number of para-hydroxylation sites is 1. The third-order valence-electron chi connectivity index (χ3n) is 3.64. The van der Waals surface area contributed by atoms with Crippen LogP contribution in [-0.4, -0.2) is 26.8 Å². The average molecular weight is 436 g/mol. The number of rotatable bonds is 6. The van der Waals surface area contributed by atoms with E-state index in [4.69, 9.17) is 16.3 Å². The fourth-order valence-electron chi connectivity index (χ4n) is 2.31. The summed E-state index contributed by atoms with van der Waals surface area (Å²) in [4.78, 5) is 12.3. The highest BCUT2D eigenvalue weighted by Gasteiger charge is 2.17. The maximum Gasteiger partial charge on any atom is 0.261 e. The molecule has 0 unspecified atom stereocenters. The summed E-state index contributed by atoms with van der Waals surface area (Å²) in [6.07, 6.45) is 0.933. The molecule has 0 saturated carbocycles. The Morgan fingerprint density at radius 2 is 2.08 bits per heavy atom. The minimum atomic E-state index is -0.680. The summed E-state index contributed by atoms with van der Waals surface area (Å²) in [7, 11) is 0. The monoisotopic (exact) mass is 434 g/mol. The quantitative estimate of drug-likeness (QED) is 0.640. The molecule has 0 fully saturated rings. The summed E-state index contributed by atoms with van der Waals surface area (Å²) in [6.45, 7) is 1.92. The van der Waals surface area contributed by atoms with Gasteiger partial charge < -0.3 is 10.1 Å². The molecule has 1 amide bonds. The molecule has 3 rings (SSSR count). The minimum absolute atomic E-state index is 0.239. The Morgan fingerprint density at radius 1 is 1.31 bits per heavy atom. The minimum Gasteiger partial charge on any atom is -0.480 e. The Hall–Kier alpha value is -2.38. The van der Waals surface area contributed by atoms with Gasteiger partial charge in [-0.3, -0.25) is 9.36 Å². The Labute approximate surface area is 164 Å². The number of aromatic nitrogens is 3. The van der Waals surface area contributed by atoms with Gasteiger partial charge in [0.2, 0.25) is 0 Å². The van der Waals surface area contributed by atoms with Gasteiger partial charge in [0.05, 0.1) is 11.0 Å². The van der Waals surface area contributed by atoms with Crippen LogP contribution >= 0.6 is 27.5 Å². The molecule has 0 aliphatic heterocycles. The summed E-state index contributed by atoms with van der Waals surface area (Å²) in [6, 6.07) is 14.8. The van der Waals surface area contributed by atoms with E-state index in [1.807, 2.05) is 34.9 Å². The fourth-order valence-corrected chi connectivity index (χ4v) is 3.08. The first-order chi connectivity index (χ1) is 12.5. The molecule has 6 nitrogen and oxygen atoms in total. The largest absolute Gasteiger partial charge is 0.480 e. The van der Waals surface area contributed by atoms with Crippen LogP contribution in [0.2, 0.25) is 5.02 Å². The number of carbonyl (C=O) groups is 1. The zero-order chi connectivity index (χ0) is 18.5. The van der Waals surface area contributed by atoms with Crippen LogP contribution in [0.1, 0.15) is 12.7 Å². The second-order valence-electron chi connectivity index (χ2n) is 5.51. The van der Waals surface area contributed by atoms with E-state index in [0.717, 1.165) is 5.69 Å². The van der Waals surface area contributed by atoms with Crippen molar-refractivity contribution in [3.05, 3.63) is 70.2 Å². The van der Waals surface area contributed by atoms with Gasteiger partial charge in [-0.05, 0) is 53.2 Å². The van der Waals surface area contributed by atoms with Crippen molar-refractivity contribution in [3.63, 3.8) is 0 Å². The maximum atomic E-state index is 12.3. The van der Waals surface area contributed by atoms with Crippen molar-refractivity contribution >= 4 is 33.4 Å². The van der Waals surface area contributed by atoms with Crippen LogP contribution in [0.4, 0.5) is 0 Å². The molecule has 0 radical (unpaired) electrons. The van der Waals surface area contributed by atoms with Crippen LogP contribution in [0.5, 0.6) is 5.75 Å². The Bertz CT molecular complexity index is 901. The molecule has 1 aromatic heterocycles. The SMILES string of the molecule is C[C@H](Oc1ccc(Cl)cc1Br)C(=O)NCc1nncn1-c1ccccc1. The van der Waals surface area contributed by atoms with E-state index in [1.54, 1.807) is 31.5 Å². The zero-order valence-corrected chi connectivity index (χ0v) is 16.2. The number of halogens is 2. The lowest BCUT2D eigenvalue weighted by atomic mass is 10.3. The van der Waals surface area contributed by atoms with E-state index < -0.39 is 6.10 Å². The lowest BCUT2D eigenvalue weighted by Gasteiger charge is -2.16. The second-order valence-corrected chi connectivity index (χ2v) is 6.80. The molecule has 0 aliphatic carbocycles. The molecule has 0 spiro atoms. The lowest BCUT2D eigenvalue weighted by molar-refractivity contribution is -0.127. The van der Waals surface area contributed by atoms with Crippen molar-refractivity contribution in [3.8, 4) is 11.4 Å². The number of hydrogen-bond acceptors (Lipinski definition) is 4. The first-order valence-electron chi connectivity index (χ1n) is 7.88. The Kier molecular flexibility index (Phi) is 5.90. The van der Waals surface area contributed by atoms with Gasteiger partial charge in [0.15, 0.2) is 11.9 Å². The van der Waals surface area contributed by atoms with E-state index in [2.05, 4.69) is 31.4 Å². The van der Waals surface area contributed by atoms with Crippen LogP contribution in [0.3, 0.4) is 0 Å². The molecule has 0 aliphatic rings. The summed E-state index contributed by atoms with van der Waals surface area (Å²) < 4.78 is 8.20. The third-order valence-corrected chi connectivity index (χ3v) is 4.50. The number of benzene rings is 2. The molecule has 1 N–H and O–H groups in total. The molecule has 26 heavy (non-hydrogen) atoms. The third kappa shape index (κ3) is 4.42. The van der Waals surface area contributed by atoms with Crippen LogP contribution in [-0.2, 0) is 11.3 Å². The van der Waals surface area contributed by atoms with E-state index in [0.29, 0.717) is 21.1 Å². The summed E-state index contributed by atoms with van der Waals surface area (Å²) in [5.41, 5.74) is 0.927. The summed E-state index contributed by atoms with van der Waals surface area (Å²) in [5, 5.41) is 11.4. The highest BCUT2D eigenvalue weighted by molar-refractivity contribution is 9.10. The van der Waals surface area contributed by atoms with E-state index in [1.165, 1.54) is 0 Å². The molecular formula is C18H16BrClN4O2. The number of nitrogens with one attached hydrogen (secondary N) is 1. The van der Waals surface area contributed by atoms with Gasteiger partial charge in [0, 0.05) is 10.7 Å².